The van der Waals surface area contributed by atoms with Crippen LogP contribution in [0.3, 0.4) is 0 Å². The van der Waals surface area contributed by atoms with E-state index in [1.54, 1.807) is 11.8 Å². The molecule has 0 spiro atoms. The molecule has 1 aromatic carbocycles. The molecule has 0 saturated carbocycles. The van der Waals surface area contributed by atoms with Crippen LogP contribution in [-0.4, -0.2) is 36.5 Å². The number of dihydropyridines is 1. The summed E-state index contributed by atoms with van der Waals surface area (Å²) in [6.45, 7) is 11.0. The Morgan fingerprint density at radius 2 is 1.97 bits per heavy atom. The summed E-state index contributed by atoms with van der Waals surface area (Å²) in [6.07, 6.45) is 1.21. The molecule has 0 bridgehead atoms. The minimum Gasteiger partial charge on any atom is -0.494 e. The Labute approximate surface area is 189 Å². The van der Waals surface area contributed by atoms with Crippen LogP contribution >= 0.6 is 11.8 Å². The number of allylic oxidation sites excluding steroid dienone is 3. The predicted octanol–water partition coefficient (Wildman–Crippen LogP) is 4.99. The van der Waals surface area contributed by atoms with Gasteiger partial charge in [0.05, 0.1) is 18.1 Å². The SMILES string of the molecule is CCOc1ccccc1[C@H]1C(C(=O)OCCSCC)=C(C)NC2=C1C(=O)CC(C)(C)C2. The molecular formula is C25H33NO4S. The van der Waals surface area contributed by atoms with E-state index in [2.05, 4.69) is 26.1 Å². The lowest BCUT2D eigenvalue weighted by Gasteiger charge is -2.39. The molecule has 5 nitrogen and oxygen atoms in total. The summed E-state index contributed by atoms with van der Waals surface area (Å²) in [5, 5.41) is 3.38. The van der Waals surface area contributed by atoms with Crippen molar-refractivity contribution >= 4 is 23.5 Å². The van der Waals surface area contributed by atoms with Crippen LogP contribution in [0.15, 0.2) is 46.8 Å². The van der Waals surface area contributed by atoms with Gasteiger partial charge in [-0.25, -0.2) is 4.79 Å². The topological polar surface area (TPSA) is 64.6 Å². The van der Waals surface area contributed by atoms with Crippen molar-refractivity contribution in [1.29, 1.82) is 0 Å². The van der Waals surface area contributed by atoms with Crippen LogP contribution in [0.25, 0.3) is 0 Å². The van der Waals surface area contributed by atoms with Crippen LogP contribution in [0, 0.1) is 5.41 Å². The second-order valence-electron chi connectivity index (χ2n) is 8.73. The molecule has 0 aromatic heterocycles. The fourth-order valence-electron chi connectivity index (χ4n) is 4.44. The van der Waals surface area contributed by atoms with Crippen molar-refractivity contribution < 1.29 is 19.1 Å². The fraction of sp³-hybridized carbons (Fsp3) is 0.520. The zero-order valence-electron chi connectivity index (χ0n) is 19.2. The van der Waals surface area contributed by atoms with E-state index in [-0.39, 0.29) is 17.2 Å². The molecule has 1 aliphatic carbocycles. The molecule has 0 fully saturated rings. The third kappa shape index (κ3) is 5.17. The first kappa shape index (κ1) is 23.5. The number of benzene rings is 1. The summed E-state index contributed by atoms with van der Waals surface area (Å²) < 4.78 is 11.5. The van der Waals surface area contributed by atoms with Gasteiger partial charge >= 0.3 is 5.97 Å². The van der Waals surface area contributed by atoms with E-state index in [0.29, 0.717) is 36.5 Å². The summed E-state index contributed by atoms with van der Waals surface area (Å²) in [5.41, 5.74) is 3.54. The number of esters is 1. The number of hydrogen-bond donors (Lipinski definition) is 1. The van der Waals surface area contributed by atoms with Crippen molar-refractivity contribution in [3.63, 3.8) is 0 Å². The summed E-state index contributed by atoms with van der Waals surface area (Å²) in [4.78, 5) is 26.6. The maximum absolute atomic E-state index is 13.4. The Bertz CT molecular complexity index is 916. The van der Waals surface area contributed by atoms with Crippen molar-refractivity contribution in [2.24, 2.45) is 5.41 Å². The minimum absolute atomic E-state index is 0.0781. The van der Waals surface area contributed by atoms with Crippen LogP contribution < -0.4 is 10.1 Å². The van der Waals surface area contributed by atoms with E-state index in [9.17, 15) is 9.59 Å². The highest BCUT2D eigenvalue weighted by molar-refractivity contribution is 7.99. The van der Waals surface area contributed by atoms with E-state index in [1.807, 2.05) is 38.1 Å². The van der Waals surface area contributed by atoms with Gasteiger partial charge in [-0.15, -0.1) is 0 Å². The van der Waals surface area contributed by atoms with Crippen LogP contribution in [0.1, 0.15) is 58.9 Å². The van der Waals surface area contributed by atoms with Gasteiger partial charge in [0.1, 0.15) is 12.4 Å². The van der Waals surface area contributed by atoms with Gasteiger partial charge in [-0.1, -0.05) is 39.0 Å². The Hall–Kier alpha value is -2.21. The van der Waals surface area contributed by atoms with Crippen LogP contribution in [-0.2, 0) is 14.3 Å². The maximum atomic E-state index is 13.4. The van der Waals surface area contributed by atoms with Crippen molar-refractivity contribution in [1.82, 2.24) is 5.32 Å². The number of nitrogens with one attached hydrogen (secondary N) is 1. The highest BCUT2D eigenvalue weighted by atomic mass is 32.2. The molecule has 0 radical (unpaired) electrons. The molecule has 0 amide bonds. The number of ether oxygens (including phenoxy) is 2. The van der Waals surface area contributed by atoms with E-state index >= 15 is 0 Å². The second kappa shape index (κ2) is 9.94. The normalized spacial score (nSPS) is 20.3. The molecule has 1 atom stereocenters. The van der Waals surface area contributed by atoms with Gasteiger partial charge in [-0.05, 0) is 37.5 Å². The molecule has 0 saturated heterocycles. The Morgan fingerprint density at radius 3 is 2.68 bits per heavy atom. The number of carbonyl (C=O) groups is 2. The zero-order chi connectivity index (χ0) is 22.6. The number of rotatable bonds is 8. The third-order valence-corrected chi connectivity index (χ3v) is 6.52. The van der Waals surface area contributed by atoms with Crippen molar-refractivity contribution in [3.05, 3.63) is 52.4 Å². The molecule has 1 heterocycles. The molecule has 31 heavy (non-hydrogen) atoms. The first-order valence-corrected chi connectivity index (χ1v) is 12.1. The Morgan fingerprint density at radius 1 is 1.23 bits per heavy atom. The average molecular weight is 444 g/mol. The third-order valence-electron chi connectivity index (χ3n) is 5.65. The molecule has 3 rings (SSSR count). The Balaban J connectivity index is 2.08. The summed E-state index contributed by atoms with van der Waals surface area (Å²) in [6, 6.07) is 7.68. The second-order valence-corrected chi connectivity index (χ2v) is 10.1. The molecule has 2 aliphatic rings. The molecule has 1 N–H and O–H groups in total. The van der Waals surface area contributed by atoms with Gasteiger partial charge < -0.3 is 14.8 Å². The van der Waals surface area contributed by atoms with Crippen molar-refractivity contribution in [3.8, 4) is 5.75 Å². The first-order chi connectivity index (χ1) is 14.8. The number of carbonyl (C=O) groups excluding carboxylic acids is 2. The van der Waals surface area contributed by atoms with E-state index in [0.717, 1.165) is 34.9 Å². The lowest BCUT2D eigenvalue weighted by atomic mass is 9.68. The number of ketones is 1. The first-order valence-electron chi connectivity index (χ1n) is 11.0. The lowest BCUT2D eigenvalue weighted by Crippen LogP contribution is -2.38. The summed E-state index contributed by atoms with van der Waals surface area (Å²) in [5.74, 6) is 1.64. The molecule has 168 valence electrons. The quantitative estimate of drug-likeness (QED) is 0.451. The number of thioether (sulfide) groups is 1. The van der Waals surface area contributed by atoms with Crippen molar-refractivity contribution in [2.45, 2.75) is 53.4 Å². The predicted molar refractivity (Wildman–Crippen MR) is 125 cm³/mol. The highest BCUT2D eigenvalue weighted by Gasteiger charge is 2.43. The Kier molecular flexibility index (Phi) is 7.52. The van der Waals surface area contributed by atoms with Gasteiger partial charge in [0.25, 0.3) is 0 Å². The summed E-state index contributed by atoms with van der Waals surface area (Å²) >= 11 is 1.73. The van der Waals surface area contributed by atoms with E-state index in [1.165, 1.54) is 0 Å². The van der Waals surface area contributed by atoms with Gasteiger partial charge in [-0.3, -0.25) is 4.79 Å². The monoisotopic (exact) mass is 443 g/mol. The van der Waals surface area contributed by atoms with Gasteiger partial charge in [-0.2, -0.15) is 11.8 Å². The summed E-state index contributed by atoms with van der Waals surface area (Å²) in [7, 11) is 0. The molecular weight excluding hydrogens is 410 g/mol. The lowest BCUT2D eigenvalue weighted by molar-refractivity contribution is -0.138. The number of hydrogen-bond acceptors (Lipinski definition) is 6. The van der Waals surface area contributed by atoms with Crippen LogP contribution in [0.2, 0.25) is 0 Å². The molecule has 1 aliphatic heterocycles. The highest BCUT2D eigenvalue weighted by Crippen LogP contribution is 2.48. The van der Waals surface area contributed by atoms with Crippen LogP contribution in [0.5, 0.6) is 5.75 Å². The van der Waals surface area contributed by atoms with Gasteiger partial charge in [0.2, 0.25) is 0 Å². The van der Waals surface area contributed by atoms with Gasteiger partial charge in [0.15, 0.2) is 5.78 Å². The molecule has 0 unspecified atom stereocenters. The maximum Gasteiger partial charge on any atom is 0.336 e. The van der Waals surface area contributed by atoms with Gasteiger partial charge in [0, 0.05) is 34.7 Å². The number of para-hydroxylation sites is 1. The number of Topliss-reactive ketones (excluding diaryl/α,β-unsaturated/α-hetero) is 1. The zero-order valence-corrected chi connectivity index (χ0v) is 20.0. The van der Waals surface area contributed by atoms with E-state index < -0.39 is 5.92 Å². The minimum atomic E-state index is -0.492. The fourth-order valence-corrected chi connectivity index (χ4v) is 4.93. The van der Waals surface area contributed by atoms with Crippen LogP contribution in [0.4, 0.5) is 0 Å². The molecule has 1 aromatic rings. The molecule has 6 heteroatoms. The largest absolute Gasteiger partial charge is 0.494 e. The van der Waals surface area contributed by atoms with E-state index in [4.69, 9.17) is 9.47 Å². The van der Waals surface area contributed by atoms with Crippen molar-refractivity contribution in [2.75, 3.05) is 24.7 Å². The standard InChI is InChI=1S/C25H33NO4S/c1-6-29-20-11-9-8-10-17(20)22-21(24(28)30-12-13-31-7-2)16(3)26-18-14-25(4,5)15-19(27)23(18)22/h8-11,22,26H,6-7,12-15H2,1-5H3/t22-/m0/s1. The smallest absolute Gasteiger partial charge is 0.336 e. The average Bonchev–Trinajstić information content (AvgIpc) is 2.70.